The van der Waals surface area contributed by atoms with Gasteiger partial charge >= 0.3 is 0 Å². The van der Waals surface area contributed by atoms with Crippen molar-refractivity contribution in [1.29, 1.82) is 0 Å². The monoisotopic (exact) mass is 329 g/mol. The van der Waals surface area contributed by atoms with E-state index in [1.807, 2.05) is 43.3 Å². The minimum atomic E-state index is -0.625. The Labute approximate surface area is 142 Å². The summed E-state index contributed by atoms with van der Waals surface area (Å²) in [5.74, 6) is 1.73. The predicted molar refractivity (Wildman–Crippen MR) is 92.8 cm³/mol. The van der Waals surface area contributed by atoms with Gasteiger partial charge in [-0.05, 0) is 43.7 Å². The van der Waals surface area contributed by atoms with Crippen LogP contribution < -0.4 is 19.5 Å². The molecule has 0 saturated heterocycles. The molecule has 0 fully saturated rings. The third kappa shape index (κ3) is 5.19. The van der Waals surface area contributed by atoms with E-state index in [1.165, 1.54) is 0 Å². The number of hydrogen-bond donors (Lipinski definition) is 1. The Morgan fingerprint density at radius 1 is 1.12 bits per heavy atom. The molecule has 0 aliphatic carbocycles. The summed E-state index contributed by atoms with van der Waals surface area (Å²) in [6.07, 6.45) is -0.625. The second kappa shape index (κ2) is 8.82. The number of methoxy groups -OCH3 is 1. The third-order valence-electron chi connectivity index (χ3n) is 3.40. The minimum absolute atomic E-state index is 0.200. The molecule has 0 bridgehead atoms. The molecule has 1 amide bonds. The Morgan fingerprint density at radius 3 is 2.58 bits per heavy atom. The Hall–Kier alpha value is -2.69. The number of amides is 1. The Morgan fingerprint density at radius 2 is 1.88 bits per heavy atom. The van der Waals surface area contributed by atoms with Crippen LogP contribution in [-0.4, -0.2) is 32.3 Å². The number of aryl methyl sites for hydroxylation is 1. The van der Waals surface area contributed by atoms with Crippen molar-refractivity contribution in [2.45, 2.75) is 20.0 Å². The SMILES string of the molecule is COc1ccccc1O[C@H](C)C(=O)NCCOc1cccc(C)c1. The lowest BCUT2D eigenvalue weighted by Gasteiger charge is -2.16. The van der Waals surface area contributed by atoms with E-state index in [4.69, 9.17) is 14.2 Å². The molecule has 2 aromatic carbocycles. The van der Waals surface area contributed by atoms with Crippen LogP contribution in [0.5, 0.6) is 17.2 Å². The number of rotatable bonds is 8. The van der Waals surface area contributed by atoms with Gasteiger partial charge in [0.2, 0.25) is 0 Å². The van der Waals surface area contributed by atoms with E-state index in [9.17, 15) is 4.79 Å². The molecule has 0 unspecified atom stereocenters. The second-order valence-electron chi connectivity index (χ2n) is 5.37. The van der Waals surface area contributed by atoms with Crippen molar-refractivity contribution in [3.63, 3.8) is 0 Å². The molecular formula is C19H23NO4. The summed E-state index contributed by atoms with van der Waals surface area (Å²) < 4.78 is 16.5. The van der Waals surface area contributed by atoms with E-state index >= 15 is 0 Å². The summed E-state index contributed by atoms with van der Waals surface area (Å²) in [6, 6.07) is 15.0. The first-order valence-corrected chi connectivity index (χ1v) is 7.87. The molecule has 0 radical (unpaired) electrons. The van der Waals surface area contributed by atoms with Crippen LogP contribution in [0.4, 0.5) is 0 Å². The molecule has 0 aliphatic heterocycles. The molecule has 0 heterocycles. The van der Waals surface area contributed by atoms with Crippen LogP contribution in [0.25, 0.3) is 0 Å². The smallest absolute Gasteiger partial charge is 0.260 e. The quantitative estimate of drug-likeness (QED) is 0.757. The van der Waals surface area contributed by atoms with Gasteiger partial charge in [-0.25, -0.2) is 0 Å². The lowest BCUT2D eigenvalue weighted by atomic mass is 10.2. The van der Waals surface area contributed by atoms with E-state index in [0.29, 0.717) is 24.7 Å². The lowest BCUT2D eigenvalue weighted by molar-refractivity contribution is -0.127. The van der Waals surface area contributed by atoms with Crippen LogP contribution in [0.2, 0.25) is 0 Å². The van der Waals surface area contributed by atoms with Crippen LogP contribution in [0, 0.1) is 6.92 Å². The van der Waals surface area contributed by atoms with Crippen molar-refractivity contribution in [3.05, 3.63) is 54.1 Å². The third-order valence-corrected chi connectivity index (χ3v) is 3.40. The Kier molecular flexibility index (Phi) is 6.49. The highest BCUT2D eigenvalue weighted by atomic mass is 16.5. The summed E-state index contributed by atoms with van der Waals surface area (Å²) in [4.78, 5) is 12.1. The van der Waals surface area contributed by atoms with Crippen molar-refractivity contribution >= 4 is 5.91 Å². The highest BCUT2D eigenvalue weighted by molar-refractivity contribution is 5.80. The number of hydrogen-bond acceptors (Lipinski definition) is 4. The average molecular weight is 329 g/mol. The van der Waals surface area contributed by atoms with Gasteiger partial charge in [-0.1, -0.05) is 24.3 Å². The van der Waals surface area contributed by atoms with Crippen LogP contribution in [0.1, 0.15) is 12.5 Å². The van der Waals surface area contributed by atoms with E-state index in [-0.39, 0.29) is 5.91 Å². The van der Waals surface area contributed by atoms with Crippen molar-refractivity contribution in [2.75, 3.05) is 20.3 Å². The highest BCUT2D eigenvalue weighted by Gasteiger charge is 2.16. The topological polar surface area (TPSA) is 56.8 Å². The molecular weight excluding hydrogens is 306 g/mol. The molecule has 1 atom stereocenters. The lowest BCUT2D eigenvalue weighted by Crippen LogP contribution is -2.38. The van der Waals surface area contributed by atoms with Gasteiger partial charge in [-0.3, -0.25) is 4.79 Å². The zero-order chi connectivity index (χ0) is 17.4. The second-order valence-corrected chi connectivity index (χ2v) is 5.37. The molecule has 2 rings (SSSR count). The van der Waals surface area contributed by atoms with Crippen molar-refractivity contribution in [1.82, 2.24) is 5.32 Å². The number of carbonyl (C=O) groups excluding carboxylic acids is 1. The van der Waals surface area contributed by atoms with Gasteiger partial charge in [0.1, 0.15) is 12.4 Å². The van der Waals surface area contributed by atoms with E-state index in [2.05, 4.69) is 5.32 Å². The number of nitrogens with one attached hydrogen (secondary N) is 1. The van der Waals surface area contributed by atoms with Crippen molar-refractivity contribution in [2.24, 2.45) is 0 Å². The molecule has 24 heavy (non-hydrogen) atoms. The Bertz CT molecular complexity index is 672. The van der Waals surface area contributed by atoms with Gasteiger partial charge in [0, 0.05) is 0 Å². The number of ether oxygens (including phenoxy) is 3. The van der Waals surface area contributed by atoms with Gasteiger partial charge in [0.15, 0.2) is 17.6 Å². The highest BCUT2D eigenvalue weighted by Crippen LogP contribution is 2.26. The van der Waals surface area contributed by atoms with E-state index < -0.39 is 6.10 Å². The number of benzene rings is 2. The number of para-hydroxylation sites is 2. The van der Waals surface area contributed by atoms with Gasteiger partial charge < -0.3 is 19.5 Å². The zero-order valence-electron chi connectivity index (χ0n) is 14.2. The largest absolute Gasteiger partial charge is 0.493 e. The molecule has 2 aromatic rings. The maximum atomic E-state index is 12.1. The molecule has 0 spiro atoms. The van der Waals surface area contributed by atoms with Gasteiger partial charge in [0.05, 0.1) is 13.7 Å². The maximum absolute atomic E-state index is 12.1. The van der Waals surface area contributed by atoms with Crippen molar-refractivity contribution < 1.29 is 19.0 Å². The summed E-state index contributed by atoms with van der Waals surface area (Å²) in [5, 5.41) is 2.80. The normalized spacial score (nSPS) is 11.5. The summed E-state index contributed by atoms with van der Waals surface area (Å²) in [7, 11) is 1.57. The van der Waals surface area contributed by atoms with E-state index in [0.717, 1.165) is 11.3 Å². The standard InChI is InChI=1S/C19H23NO4/c1-14-7-6-8-16(13-14)23-12-11-20-19(21)15(2)24-18-10-5-4-9-17(18)22-3/h4-10,13,15H,11-12H2,1-3H3,(H,20,21)/t15-/m1/s1. The van der Waals surface area contributed by atoms with Crippen LogP contribution in [0.3, 0.4) is 0 Å². The fourth-order valence-electron chi connectivity index (χ4n) is 2.15. The van der Waals surface area contributed by atoms with E-state index in [1.54, 1.807) is 26.2 Å². The fourth-order valence-corrected chi connectivity index (χ4v) is 2.15. The molecule has 128 valence electrons. The van der Waals surface area contributed by atoms with Crippen LogP contribution in [-0.2, 0) is 4.79 Å². The molecule has 5 nitrogen and oxygen atoms in total. The number of carbonyl (C=O) groups is 1. The van der Waals surface area contributed by atoms with Crippen molar-refractivity contribution in [3.8, 4) is 17.2 Å². The first kappa shape index (κ1) is 17.7. The Balaban J connectivity index is 1.75. The first-order valence-electron chi connectivity index (χ1n) is 7.87. The first-order chi connectivity index (χ1) is 11.6. The van der Waals surface area contributed by atoms with Gasteiger partial charge in [0.25, 0.3) is 5.91 Å². The summed E-state index contributed by atoms with van der Waals surface area (Å²) >= 11 is 0. The fraction of sp³-hybridized carbons (Fsp3) is 0.316. The molecule has 0 aromatic heterocycles. The minimum Gasteiger partial charge on any atom is -0.493 e. The molecule has 0 saturated carbocycles. The molecule has 0 aliphatic rings. The van der Waals surface area contributed by atoms with Crippen LogP contribution in [0.15, 0.2) is 48.5 Å². The zero-order valence-corrected chi connectivity index (χ0v) is 14.2. The summed E-state index contributed by atoms with van der Waals surface area (Å²) in [5.41, 5.74) is 1.13. The average Bonchev–Trinajstić information content (AvgIpc) is 2.59. The molecule has 1 N–H and O–H groups in total. The van der Waals surface area contributed by atoms with Gasteiger partial charge in [-0.2, -0.15) is 0 Å². The molecule has 5 heteroatoms. The summed E-state index contributed by atoms with van der Waals surface area (Å²) in [6.45, 7) is 4.51. The predicted octanol–water partition coefficient (Wildman–Crippen LogP) is 2.97. The van der Waals surface area contributed by atoms with Crippen LogP contribution >= 0.6 is 0 Å². The maximum Gasteiger partial charge on any atom is 0.260 e. The van der Waals surface area contributed by atoms with Gasteiger partial charge in [-0.15, -0.1) is 0 Å².